The number of amides is 1. The molecule has 2 aliphatic heterocycles. The van der Waals surface area contributed by atoms with Gasteiger partial charge in [0.2, 0.25) is 5.91 Å². The summed E-state index contributed by atoms with van der Waals surface area (Å²) in [6.45, 7) is 2.04. The van der Waals surface area contributed by atoms with Crippen molar-refractivity contribution < 1.29 is 4.79 Å². The molecule has 2 aromatic carbocycles. The maximum Gasteiger partial charge on any atom is 0.236 e. The van der Waals surface area contributed by atoms with E-state index in [1.165, 1.54) is 5.56 Å². The van der Waals surface area contributed by atoms with Gasteiger partial charge in [0.25, 0.3) is 0 Å². The minimum atomic E-state index is -0.0722. The number of hydrogen-bond acceptors (Lipinski definition) is 4. The van der Waals surface area contributed by atoms with Crippen molar-refractivity contribution >= 4 is 11.6 Å². The molecule has 1 atom stereocenters. The van der Waals surface area contributed by atoms with Gasteiger partial charge in [0.05, 0.1) is 12.3 Å². The molecular weight excluding hydrogens is 372 g/mol. The van der Waals surface area contributed by atoms with Crippen LogP contribution >= 0.6 is 0 Å². The van der Waals surface area contributed by atoms with Crippen LogP contribution in [-0.2, 0) is 11.2 Å². The molecule has 4 rings (SSSR count). The molecule has 0 spiro atoms. The zero-order chi connectivity index (χ0) is 20.8. The molecule has 1 N–H and O–H groups in total. The van der Waals surface area contributed by atoms with Gasteiger partial charge < -0.3 is 4.90 Å². The zero-order valence-corrected chi connectivity index (χ0v) is 17.6. The topological polar surface area (TPSA) is 47.9 Å². The number of carbonyl (C=O) groups is 1. The average molecular weight is 403 g/mol. The molecule has 2 heterocycles. The Bertz CT molecular complexity index is 886. The van der Waals surface area contributed by atoms with Crippen LogP contribution in [0.5, 0.6) is 0 Å². The lowest BCUT2D eigenvalue weighted by atomic mass is 9.90. The van der Waals surface area contributed by atoms with E-state index >= 15 is 0 Å². The Balaban J connectivity index is 1.22. The van der Waals surface area contributed by atoms with E-state index in [4.69, 9.17) is 0 Å². The molecule has 30 heavy (non-hydrogen) atoms. The first-order valence-electron chi connectivity index (χ1n) is 10.8. The first-order valence-corrected chi connectivity index (χ1v) is 10.8. The third-order valence-electron chi connectivity index (χ3n) is 5.97. The van der Waals surface area contributed by atoms with Crippen LogP contribution in [0, 0.1) is 5.92 Å². The van der Waals surface area contributed by atoms with Crippen molar-refractivity contribution in [3.63, 3.8) is 0 Å². The van der Waals surface area contributed by atoms with Crippen LogP contribution in [0.3, 0.4) is 0 Å². The Morgan fingerprint density at radius 1 is 1.03 bits per heavy atom. The molecule has 1 saturated heterocycles. The van der Waals surface area contributed by atoms with Crippen LogP contribution in [0.25, 0.3) is 0 Å². The molecular formula is C25H30N4O. The summed E-state index contributed by atoms with van der Waals surface area (Å²) in [5, 5.41) is 9.86. The Morgan fingerprint density at radius 3 is 2.37 bits per heavy atom. The lowest BCUT2D eigenvalue weighted by molar-refractivity contribution is -0.131. The second-order valence-corrected chi connectivity index (χ2v) is 8.12. The van der Waals surface area contributed by atoms with Crippen LogP contribution in [0.4, 0.5) is 0 Å². The van der Waals surface area contributed by atoms with Crippen molar-refractivity contribution in [3.8, 4) is 0 Å². The largest absolute Gasteiger partial charge is 0.342 e. The first-order chi connectivity index (χ1) is 14.7. The summed E-state index contributed by atoms with van der Waals surface area (Å²) in [7, 11) is 1.93. The maximum absolute atomic E-state index is 12.7. The first kappa shape index (κ1) is 20.4. The molecule has 156 valence electrons. The van der Waals surface area contributed by atoms with Crippen molar-refractivity contribution in [2.24, 2.45) is 11.0 Å². The Morgan fingerprint density at radius 2 is 1.70 bits per heavy atom. The highest BCUT2D eigenvalue weighted by atomic mass is 16.2. The van der Waals surface area contributed by atoms with Gasteiger partial charge in [-0.1, -0.05) is 60.7 Å². The lowest BCUT2D eigenvalue weighted by Crippen LogP contribution is -2.48. The van der Waals surface area contributed by atoms with E-state index in [0.29, 0.717) is 12.5 Å². The highest BCUT2D eigenvalue weighted by Crippen LogP contribution is 2.21. The number of nitrogens with one attached hydrogen (secondary N) is 1. The zero-order valence-electron chi connectivity index (χ0n) is 17.6. The van der Waals surface area contributed by atoms with E-state index in [1.807, 2.05) is 41.2 Å². The number of hydrazone groups is 1. The molecule has 0 bridgehead atoms. The minimum Gasteiger partial charge on any atom is -0.342 e. The molecule has 0 aliphatic carbocycles. The normalized spacial score (nSPS) is 19.6. The van der Waals surface area contributed by atoms with Crippen molar-refractivity contribution in [1.82, 2.24) is 15.2 Å². The number of likely N-dealkylation sites (tertiary alicyclic amines) is 1. The van der Waals surface area contributed by atoms with Gasteiger partial charge in [-0.2, -0.15) is 5.10 Å². The molecule has 0 aromatic heterocycles. The summed E-state index contributed by atoms with van der Waals surface area (Å²) in [6, 6.07) is 20.8. The summed E-state index contributed by atoms with van der Waals surface area (Å²) < 4.78 is 0. The molecule has 2 aliphatic rings. The van der Waals surface area contributed by atoms with E-state index in [-0.39, 0.29) is 12.1 Å². The predicted molar refractivity (Wildman–Crippen MR) is 121 cm³/mol. The van der Waals surface area contributed by atoms with Gasteiger partial charge in [-0.3, -0.25) is 15.1 Å². The van der Waals surface area contributed by atoms with Crippen molar-refractivity contribution in [1.29, 1.82) is 0 Å². The van der Waals surface area contributed by atoms with Crippen LogP contribution in [0.2, 0.25) is 0 Å². The summed E-state index contributed by atoms with van der Waals surface area (Å²) in [5.74, 6) is 0.843. The minimum absolute atomic E-state index is 0.0722. The molecule has 5 heteroatoms. The number of hydrogen-bond donors (Lipinski definition) is 1. The lowest BCUT2D eigenvalue weighted by Gasteiger charge is -2.33. The van der Waals surface area contributed by atoms with E-state index in [9.17, 15) is 4.79 Å². The quantitative estimate of drug-likeness (QED) is 0.807. The van der Waals surface area contributed by atoms with Gasteiger partial charge >= 0.3 is 0 Å². The number of nitrogens with zero attached hydrogens (tertiary/aromatic N) is 3. The van der Waals surface area contributed by atoms with E-state index < -0.39 is 0 Å². The fourth-order valence-electron chi connectivity index (χ4n) is 4.17. The summed E-state index contributed by atoms with van der Waals surface area (Å²) in [5.41, 5.74) is 3.42. The summed E-state index contributed by atoms with van der Waals surface area (Å²) in [4.78, 5) is 14.7. The van der Waals surface area contributed by atoms with Gasteiger partial charge in [0, 0.05) is 25.7 Å². The van der Waals surface area contributed by atoms with Crippen LogP contribution < -0.4 is 5.32 Å². The molecule has 1 fully saturated rings. The number of benzene rings is 2. The van der Waals surface area contributed by atoms with Crippen LogP contribution in [0.15, 0.2) is 77.9 Å². The third-order valence-corrected chi connectivity index (χ3v) is 5.97. The Labute approximate surface area is 179 Å². The average Bonchev–Trinajstić information content (AvgIpc) is 2.80. The fourth-order valence-corrected chi connectivity index (χ4v) is 4.17. The highest BCUT2D eigenvalue weighted by molar-refractivity contribution is 6.08. The molecule has 5 nitrogen and oxygen atoms in total. The SMILES string of the molecule is CN1N=C(c2ccccc2)C=CC1NCC(=O)N1CCC(Cc2ccccc2)CC1. The summed E-state index contributed by atoms with van der Waals surface area (Å²) in [6.07, 6.45) is 7.28. The molecule has 1 amide bonds. The van der Waals surface area contributed by atoms with Crippen LogP contribution in [0.1, 0.15) is 24.0 Å². The van der Waals surface area contributed by atoms with Gasteiger partial charge in [-0.25, -0.2) is 0 Å². The van der Waals surface area contributed by atoms with Crippen LogP contribution in [-0.4, -0.2) is 54.4 Å². The number of rotatable bonds is 6. The molecule has 0 saturated carbocycles. The predicted octanol–water partition coefficient (Wildman–Crippen LogP) is 3.29. The van der Waals surface area contributed by atoms with Crippen molar-refractivity contribution in [2.75, 3.05) is 26.7 Å². The maximum atomic E-state index is 12.7. The van der Waals surface area contributed by atoms with Gasteiger partial charge in [-0.05, 0) is 42.9 Å². The van der Waals surface area contributed by atoms with Crippen molar-refractivity contribution in [2.45, 2.75) is 25.4 Å². The second-order valence-electron chi connectivity index (χ2n) is 8.12. The van der Waals surface area contributed by atoms with Gasteiger partial charge in [-0.15, -0.1) is 0 Å². The number of allylic oxidation sites excluding steroid dienone is 1. The van der Waals surface area contributed by atoms with Gasteiger partial charge in [0.15, 0.2) is 0 Å². The number of carbonyl (C=O) groups excluding carboxylic acids is 1. The fraction of sp³-hybridized carbons (Fsp3) is 0.360. The van der Waals surface area contributed by atoms with E-state index in [2.05, 4.69) is 59.0 Å². The molecule has 1 unspecified atom stereocenters. The van der Waals surface area contributed by atoms with E-state index in [0.717, 1.165) is 43.6 Å². The Hall–Kier alpha value is -2.92. The molecule has 2 aromatic rings. The Kier molecular flexibility index (Phi) is 6.60. The standard InChI is InChI=1S/C25H30N4O/c1-28-24(13-12-23(27-28)22-10-6-3-7-11-22)26-19-25(30)29-16-14-21(15-17-29)18-20-8-4-2-5-9-20/h2-13,21,24,26H,14-19H2,1H3. The third kappa shape index (κ3) is 5.16. The monoisotopic (exact) mass is 402 g/mol. The van der Waals surface area contributed by atoms with Gasteiger partial charge in [0.1, 0.15) is 6.17 Å². The number of likely N-dealkylation sites (N-methyl/N-ethyl adjacent to an activating group) is 1. The second kappa shape index (κ2) is 9.72. The molecule has 0 radical (unpaired) electrons. The highest BCUT2D eigenvalue weighted by Gasteiger charge is 2.24. The van der Waals surface area contributed by atoms with Crippen molar-refractivity contribution in [3.05, 3.63) is 83.9 Å². The smallest absolute Gasteiger partial charge is 0.236 e. The number of piperidine rings is 1. The summed E-state index contributed by atoms with van der Waals surface area (Å²) >= 11 is 0. The van der Waals surface area contributed by atoms with E-state index in [1.54, 1.807) is 0 Å².